The molecule has 5 aliphatic rings. The Morgan fingerprint density at radius 2 is 1.94 bits per heavy atom. The van der Waals surface area contributed by atoms with Crippen LogP contribution in [0.3, 0.4) is 0 Å². The summed E-state index contributed by atoms with van der Waals surface area (Å²) in [5, 5.41) is 12.5. The van der Waals surface area contributed by atoms with Crippen LogP contribution in [0.15, 0.2) is 48.9 Å². The maximum atomic E-state index is 14.1. The van der Waals surface area contributed by atoms with Crippen LogP contribution in [0.2, 0.25) is 5.02 Å². The molecule has 0 radical (unpaired) electrons. The van der Waals surface area contributed by atoms with E-state index in [9.17, 15) is 22.5 Å². The van der Waals surface area contributed by atoms with E-state index in [0.717, 1.165) is 0 Å². The van der Waals surface area contributed by atoms with Crippen molar-refractivity contribution in [1.29, 1.82) is 0 Å². The summed E-state index contributed by atoms with van der Waals surface area (Å²) in [6.07, 6.45) is -1.03. The van der Waals surface area contributed by atoms with Gasteiger partial charge in [-0.25, -0.2) is 9.97 Å². The van der Waals surface area contributed by atoms with Gasteiger partial charge in [-0.05, 0) is 36.8 Å². The lowest BCUT2D eigenvalue weighted by molar-refractivity contribution is -0.142. The molecule has 0 saturated carbocycles. The highest BCUT2D eigenvalue weighted by molar-refractivity contribution is 7.53. The molecule has 1 spiro atoms. The summed E-state index contributed by atoms with van der Waals surface area (Å²) in [4.78, 5) is 25.3. The Kier molecular flexibility index (Phi) is 8.98. The summed E-state index contributed by atoms with van der Waals surface area (Å²) in [6, 6.07) is 7.71. The van der Waals surface area contributed by atoms with Crippen molar-refractivity contribution in [3.63, 3.8) is 0 Å². The first-order valence-corrected chi connectivity index (χ1v) is 16.5. The van der Waals surface area contributed by atoms with Gasteiger partial charge in [0.15, 0.2) is 5.69 Å². The first-order valence-electron chi connectivity index (χ1n) is 14.4. The second kappa shape index (κ2) is 12.8. The van der Waals surface area contributed by atoms with Crippen LogP contribution in [0.25, 0.3) is 11.3 Å². The third-order valence-corrected chi connectivity index (χ3v) is 9.72. The number of hydrogen-bond donors (Lipinski definition) is 3. The molecule has 3 aromatic heterocycles. The van der Waals surface area contributed by atoms with Crippen molar-refractivity contribution in [2.24, 2.45) is 5.41 Å². The molecule has 5 aliphatic heterocycles. The van der Waals surface area contributed by atoms with Crippen LogP contribution in [-0.2, 0) is 37.2 Å². The average molecular weight is 693 g/mol. The molecule has 1 fully saturated rings. The quantitative estimate of drug-likeness (QED) is 0.216. The van der Waals surface area contributed by atoms with Gasteiger partial charge in [-0.2, -0.15) is 23.3 Å². The minimum Gasteiger partial charge on any atom is -0.380 e. The molecule has 0 unspecified atom stereocenters. The van der Waals surface area contributed by atoms with Crippen LogP contribution in [-0.4, -0.2) is 64.1 Å². The molecule has 1 aromatic carbocycles. The van der Waals surface area contributed by atoms with E-state index in [4.69, 9.17) is 25.4 Å². The van der Waals surface area contributed by atoms with E-state index in [1.165, 1.54) is 13.1 Å². The van der Waals surface area contributed by atoms with Crippen molar-refractivity contribution in [3.05, 3.63) is 70.8 Å². The second-order valence-corrected chi connectivity index (χ2v) is 13.5. The van der Waals surface area contributed by atoms with Gasteiger partial charge in [0.25, 0.3) is 5.91 Å². The highest BCUT2D eigenvalue weighted by atomic mass is 35.5. The first-order chi connectivity index (χ1) is 22.4. The zero-order chi connectivity index (χ0) is 33.4. The van der Waals surface area contributed by atoms with Gasteiger partial charge >= 0.3 is 13.8 Å². The van der Waals surface area contributed by atoms with Gasteiger partial charge in [-0.3, -0.25) is 14.0 Å². The molecule has 3 N–H and O–H groups in total. The van der Waals surface area contributed by atoms with Gasteiger partial charge < -0.3 is 29.7 Å². The summed E-state index contributed by atoms with van der Waals surface area (Å²) in [7, 11) is -2.28. The smallest absolute Gasteiger partial charge is 0.380 e. The minimum atomic E-state index is -4.83. The molecular weight excluding hydrogens is 664 g/mol. The lowest BCUT2D eigenvalue weighted by atomic mass is 9.87. The van der Waals surface area contributed by atoms with E-state index in [-0.39, 0.29) is 47.4 Å². The van der Waals surface area contributed by atoms with Gasteiger partial charge in [0.05, 0.1) is 72.8 Å². The molecule has 0 aliphatic carbocycles. The Morgan fingerprint density at radius 3 is 2.62 bits per heavy atom. The maximum Gasteiger partial charge on any atom is 0.421 e. The zero-order valence-electron chi connectivity index (χ0n) is 25.1. The van der Waals surface area contributed by atoms with Crippen molar-refractivity contribution in [2.75, 3.05) is 44.1 Å². The van der Waals surface area contributed by atoms with Crippen LogP contribution >= 0.6 is 19.2 Å². The molecule has 18 heteroatoms. The third-order valence-electron chi connectivity index (χ3n) is 7.48. The molecule has 1 saturated heterocycles. The van der Waals surface area contributed by atoms with Crippen molar-refractivity contribution >= 4 is 48.2 Å². The summed E-state index contributed by atoms with van der Waals surface area (Å²) < 4.78 is 74.8. The fourth-order valence-electron chi connectivity index (χ4n) is 5.08. The highest BCUT2D eigenvalue weighted by Crippen LogP contribution is 2.53. The van der Waals surface area contributed by atoms with Gasteiger partial charge in [0, 0.05) is 25.0 Å². The number of rotatable bonds is 3. The molecule has 8 heterocycles. The van der Waals surface area contributed by atoms with E-state index in [0.29, 0.717) is 42.8 Å². The number of nitrogens with zero attached hydrogens (tertiary/aromatic N) is 5. The molecule has 248 valence electrons. The Labute approximate surface area is 271 Å². The van der Waals surface area contributed by atoms with E-state index >= 15 is 0 Å². The van der Waals surface area contributed by atoms with Crippen LogP contribution in [0.1, 0.15) is 28.5 Å². The fourth-order valence-corrected chi connectivity index (χ4v) is 7.10. The minimum absolute atomic E-state index is 0.0263. The topological polar surface area (TPSA) is 154 Å². The number of aromatic nitrogens is 5. The van der Waals surface area contributed by atoms with Crippen molar-refractivity contribution in [1.82, 2.24) is 30.0 Å². The number of pyridine rings is 1. The molecule has 9 rings (SSSR count). The Hall–Kier alpha value is -4.08. The maximum absolute atomic E-state index is 14.1. The van der Waals surface area contributed by atoms with Gasteiger partial charge in [-0.15, -0.1) is 0 Å². The monoisotopic (exact) mass is 692 g/mol. The van der Waals surface area contributed by atoms with E-state index < -0.39 is 36.5 Å². The summed E-state index contributed by atoms with van der Waals surface area (Å²) >= 11 is 6.53. The van der Waals surface area contributed by atoms with Crippen LogP contribution in [0, 0.1) is 5.41 Å². The average Bonchev–Trinajstić information content (AvgIpc) is 3.47. The van der Waals surface area contributed by atoms with Crippen LogP contribution in [0.5, 0.6) is 0 Å². The molecule has 47 heavy (non-hydrogen) atoms. The number of carbonyl (C=O) groups is 1. The molecule has 1 atom stereocenters. The SMILES string of the molecule is CCO[P@@]1(=O)Cc2ccc(c(Cl)c2)Nc2ncc(C(F)(F)F)c(n2)Nc2ccc(nc2C(=O)NC)-c2cnn(c2)CC2(COC2)CO1. The number of benzene rings is 1. The summed E-state index contributed by atoms with van der Waals surface area (Å²) in [5.41, 5.74) is -0.214. The number of halogens is 4. The summed E-state index contributed by atoms with van der Waals surface area (Å²) in [5.74, 6) is -1.49. The normalized spacial score (nSPS) is 19.2. The fraction of sp³-hybridized carbons (Fsp3) is 0.345. The predicted octanol–water partition coefficient (Wildman–Crippen LogP) is 6.03. The third kappa shape index (κ3) is 7.11. The predicted molar refractivity (Wildman–Crippen MR) is 166 cm³/mol. The van der Waals surface area contributed by atoms with Crippen LogP contribution < -0.4 is 16.0 Å². The number of anilines is 4. The van der Waals surface area contributed by atoms with Gasteiger partial charge in [0.1, 0.15) is 11.4 Å². The van der Waals surface area contributed by atoms with Crippen molar-refractivity contribution < 1.29 is 36.3 Å². The van der Waals surface area contributed by atoms with Crippen LogP contribution in [0.4, 0.5) is 36.3 Å². The van der Waals surface area contributed by atoms with Gasteiger partial charge in [-0.1, -0.05) is 17.7 Å². The summed E-state index contributed by atoms with van der Waals surface area (Å²) in [6.45, 7) is 2.94. The molecular formula is C29H29ClF3N8O5P. The van der Waals surface area contributed by atoms with Crippen molar-refractivity contribution in [3.8, 4) is 11.3 Å². The Balaban J connectivity index is 1.46. The molecule has 8 bridgehead atoms. The number of carbonyl (C=O) groups excluding carboxylic acids is 1. The largest absolute Gasteiger partial charge is 0.421 e. The standard InChI is InChI=1S/C29H29ClF3N8O5P/c1-3-45-47(43)12-17-4-5-22(20(30)8-17)39-27-35-10-19(29(31,32)33)25(40-27)38-23-7-6-21(37-24(23)26(42)34-2)18-9-36-41(11-18)13-28(16-46-47)14-44-15-28/h4-11H,3,12-16H2,1-2H3,(H,34,42)(H2,35,38,39,40)/t47-/m0/s1. The van der Waals surface area contributed by atoms with Gasteiger partial charge in [0.2, 0.25) is 5.95 Å². The molecule has 4 aromatic rings. The Morgan fingerprint density at radius 1 is 1.15 bits per heavy atom. The van der Waals surface area contributed by atoms with E-state index in [1.807, 2.05) is 0 Å². The molecule has 13 nitrogen and oxygen atoms in total. The second-order valence-electron chi connectivity index (χ2n) is 11.1. The molecule has 1 amide bonds. The lowest BCUT2D eigenvalue weighted by Gasteiger charge is -2.41. The number of amides is 1. The number of ether oxygens (including phenoxy) is 1. The first kappa shape index (κ1) is 32.8. The highest BCUT2D eigenvalue weighted by Gasteiger charge is 2.42. The number of nitrogens with one attached hydrogen (secondary N) is 3. The number of alkyl halides is 3. The Bertz CT molecular complexity index is 1870. The van der Waals surface area contributed by atoms with E-state index in [1.54, 1.807) is 48.3 Å². The zero-order valence-corrected chi connectivity index (χ0v) is 26.7. The number of hydrogen-bond acceptors (Lipinski definition) is 11. The lowest BCUT2D eigenvalue weighted by Crippen LogP contribution is -2.49. The van der Waals surface area contributed by atoms with E-state index in [2.05, 4.69) is 36.0 Å². The van der Waals surface area contributed by atoms with Crippen molar-refractivity contribution in [2.45, 2.75) is 25.8 Å².